The van der Waals surface area contributed by atoms with Crippen LogP contribution in [0.15, 0.2) is 24.4 Å². The third-order valence-corrected chi connectivity index (χ3v) is 4.64. The van der Waals surface area contributed by atoms with Crippen molar-refractivity contribution in [1.82, 2.24) is 20.1 Å². The molecule has 1 fully saturated rings. The van der Waals surface area contributed by atoms with Gasteiger partial charge in [-0.1, -0.05) is 6.07 Å². The van der Waals surface area contributed by atoms with Crippen molar-refractivity contribution in [3.05, 3.63) is 30.1 Å². The normalized spacial score (nSPS) is 17.6. The van der Waals surface area contributed by atoms with Gasteiger partial charge < -0.3 is 15.1 Å². The van der Waals surface area contributed by atoms with Crippen LogP contribution in [0.3, 0.4) is 0 Å². The fourth-order valence-electron chi connectivity index (χ4n) is 3.16. The molecular formula is C19H30N4O2. The maximum atomic E-state index is 12.9. The van der Waals surface area contributed by atoms with E-state index in [0.29, 0.717) is 25.8 Å². The predicted molar refractivity (Wildman–Crippen MR) is 97.8 cm³/mol. The second-order valence-corrected chi connectivity index (χ2v) is 6.82. The molecule has 1 N–H and O–H groups in total. The van der Waals surface area contributed by atoms with Gasteiger partial charge in [0.15, 0.2) is 0 Å². The molecular weight excluding hydrogens is 316 g/mol. The molecule has 0 radical (unpaired) electrons. The van der Waals surface area contributed by atoms with Crippen LogP contribution >= 0.6 is 0 Å². The Morgan fingerprint density at radius 3 is 2.68 bits per heavy atom. The molecule has 2 heterocycles. The van der Waals surface area contributed by atoms with E-state index >= 15 is 0 Å². The number of amides is 2. The molecule has 6 heteroatoms. The number of rotatable bonds is 7. The molecule has 138 valence electrons. The van der Waals surface area contributed by atoms with Crippen LogP contribution in [0.5, 0.6) is 0 Å². The van der Waals surface area contributed by atoms with Crippen molar-refractivity contribution in [2.24, 2.45) is 0 Å². The molecule has 1 aliphatic rings. The van der Waals surface area contributed by atoms with Crippen molar-refractivity contribution < 1.29 is 9.59 Å². The zero-order valence-electron chi connectivity index (χ0n) is 15.4. The minimum Gasteiger partial charge on any atom is -0.349 e. The van der Waals surface area contributed by atoms with E-state index in [1.165, 1.54) is 0 Å². The van der Waals surface area contributed by atoms with Crippen LogP contribution < -0.4 is 5.32 Å². The minimum atomic E-state index is 0.0720. The molecule has 0 aliphatic carbocycles. The maximum Gasteiger partial charge on any atom is 0.223 e. The molecule has 2 rings (SSSR count). The molecule has 1 aromatic rings. The van der Waals surface area contributed by atoms with E-state index in [0.717, 1.165) is 38.0 Å². The van der Waals surface area contributed by atoms with E-state index in [-0.39, 0.29) is 17.9 Å². The molecule has 0 spiro atoms. The van der Waals surface area contributed by atoms with Crippen LogP contribution in [0.4, 0.5) is 0 Å². The summed E-state index contributed by atoms with van der Waals surface area (Å²) in [6.45, 7) is 2.50. The molecule has 1 aliphatic heterocycles. The number of hydrogen-bond donors (Lipinski definition) is 1. The standard InChI is InChI=1S/C19H30N4O2/c1-22(2)18(24)9-5-10-19(25)23(15-16-7-3-4-13-21-16)17-8-6-12-20-14-11-17/h3-4,7,13,17,20H,5-6,8-12,14-15H2,1-2H3. The number of pyridine rings is 1. The summed E-state index contributed by atoms with van der Waals surface area (Å²) in [5.41, 5.74) is 0.914. The number of carbonyl (C=O) groups is 2. The summed E-state index contributed by atoms with van der Waals surface area (Å²) in [5, 5.41) is 3.40. The molecule has 6 nitrogen and oxygen atoms in total. The maximum absolute atomic E-state index is 12.9. The van der Waals surface area contributed by atoms with Crippen LogP contribution in [-0.4, -0.2) is 59.8 Å². The zero-order valence-corrected chi connectivity index (χ0v) is 15.4. The van der Waals surface area contributed by atoms with Crippen LogP contribution in [0.2, 0.25) is 0 Å². The Balaban J connectivity index is 1.99. The van der Waals surface area contributed by atoms with Gasteiger partial charge in [0.2, 0.25) is 11.8 Å². The van der Waals surface area contributed by atoms with Gasteiger partial charge in [-0.05, 0) is 50.9 Å². The number of nitrogens with one attached hydrogen (secondary N) is 1. The molecule has 1 atom stereocenters. The lowest BCUT2D eigenvalue weighted by molar-refractivity contribution is -0.135. The van der Waals surface area contributed by atoms with Crippen LogP contribution in [0, 0.1) is 0 Å². The van der Waals surface area contributed by atoms with Gasteiger partial charge in [-0.15, -0.1) is 0 Å². The van der Waals surface area contributed by atoms with Gasteiger partial charge in [0, 0.05) is 39.2 Å². The Kier molecular flexibility index (Phi) is 7.85. The van der Waals surface area contributed by atoms with Gasteiger partial charge in [0.05, 0.1) is 12.2 Å². The fraction of sp³-hybridized carbons (Fsp3) is 0.632. The van der Waals surface area contributed by atoms with Crippen molar-refractivity contribution >= 4 is 11.8 Å². The summed E-state index contributed by atoms with van der Waals surface area (Å²) in [6.07, 6.45) is 6.26. The predicted octanol–water partition coefficient (Wildman–Crippen LogP) is 1.81. The van der Waals surface area contributed by atoms with E-state index in [2.05, 4.69) is 10.3 Å². The Labute approximate surface area is 150 Å². The Morgan fingerprint density at radius 2 is 1.96 bits per heavy atom. The van der Waals surface area contributed by atoms with Crippen LogP contribution in [-0.2, 0) is 16.1 Å². The average molecular weight is 346 g/mol. The number of hydrogen-bond acceptors (Lipinski definition) is 4. The van der Waals surface area contributed by atoms with Crippen molar-refractivity contribution in [2.75, 3.05) is 27.2 Å². The van der Waals surface area contributed by atoms with Crippen molar-refractivity contribution in [2.45, 2.75) is 51.1 Å². The number of carbonyl (C=O) groups excluding carboxylic acids is 2. The van der Waals surface area contributed by atoms with Gasteiger partial charge in [0.1, 0.15) is 0 Å². The highest BCUT2D eigenvalue weighted by Crippen LogP contribution is 2.18. The van der Waals surface area contributed by atoms with E-state index < -0.39 is 0 Å². The van der Waals surface area contributed by atoms with Crippen LogP contribution in [0.1, 0.15) is 44.2 Å². The quantitative estimate of drug-likeness (QED) is 0.818. The third-order valence-electron chi connectivity index (χ3n) is 4.64. The largest absolute Gasteiger partial charge is 0.349 e. The molecule has 1 saturated heterocycles. The average Bonchev–Trinajstić information content (AvgIpc) is 2.89. The summed E-state index contributed by atoms with van der Waals surface area (Å²) in [4.78, 5) is 32.5. The summed E-state index contributed by atoms with van der Waals surface area (Å²) >= 11 is 0. The van der Waals surface area contributed by atoms with Crippen molar-refractivity contribution in [3.8, 4) is 0 Å². The van der Waals surface area contributed by atoms with Gasteiger partial charge in [0.25, 0.3) is 0 Å². The highest BCUT2D eigenvalue weighted by atomic mass is 16.2. The third kappa shape index (κ3) is 6.46. The second kappa shape index (κ2) is 10.1. The smallest absolute Gasteiger partial charge is 0.223 e. The van der Waals surface area contributed by atoms with Crippen molar-refractivity contribution in [3.63, 3.8) is 0 Å². The summed E-state index contributed by atoms with van der Waals surface area (Å²) in [7, 11) is 3.49. The molecule has 2 amide bonds. The fourth-order valence-corrected chi connectivity index (χ4v) is 3.16. The molecule has 0 bridgehead atoms. The van der Waals surface area contributed by atoms with E-state index in [1.807, 2.05) is 23.1 Å². The lowest BCUT2D eigenvalue weighted by Crippen LogP contribution is -2.40. The van der Waals surface area contributed by atoms with E-state index in [1.54, 1.807) is 25.2 Å². The second-order valence-electron chi connectivity index (χ2n) is 6.82. The molecule has 1 aromatic heterocycles. The highest BCUT2D eigenvalue weighted by molar-refractivity contribution is 5.79. The lowest BCUT2D eigenvalue weighted by atomic mass is 10.1. The first-order chi connectivity index (χ1) is 12.1. The highest BCUT2D eigenvalue weighted by Gasteiger charge is 2.25. The number of aromatic nitrogens is 1. The molecule has 1 unspecified atom stereocenters. The molecule has 0 aromatic carbocycles. The van der Waals surface area contributed by atoms with Gasteiger partial charge >= 0.3 is 0 Å². The van der Waals surface area contributed by atoms with Gasteiger partial charge in [-0.2, -0.15) is 0 Å². The Bertz CT molecular complexity index is 540. The Hall–Kier alpha value is -1.95. The van der Waals surface area contributed by atoms with E-state index in [4.69, 9.17) is 0 Å². The minimum absolute atomic E-state index is 0.0720. The zero-order chi connectivity index (χ0) is 18.1. The summed E-state index contributed by atoms with van der Waals surface area (Å²) < 4.78 is 0. The van der Waals surface area contributed by atoms with Crippen LogP contribution in [0.25, 0.3) is 0 Å². The van der Waals surface area contributed by atoms with Crippen molar-refractivity contribution in [1.29, 1.82) is 0 Å². The topological polar surface area (TPSA) is 65.5 Å². The monoisotopic (exact) mass is 346 g/mol. The SMILES string of the molecule is CN(C)C(=O)CCCC(=O)N(Cc1ccccn1)C1CCCNCC1. The molecule has 0 saturated carbocycles. The summed E-state index contributed by atoms with van der Waals surface area (Å²) in [6, 6.07) is 6.05. The number of nitrogens with zero attached hydrogens (tertiary/aromatic N) is 3. The summed E-state index contributed by atoms with van der Waals surface area (Å²) in [5.74, 6) is 0.201. The van der Waals surface area contributed by atoms with Gasteiger partial charge in [-0.3, -0.25) is 14.6 Å². The first-order valence-corrected chi connectivity index (χ1v) is 9.18. The van der Waals surface area contributed by atoms with Gasteiger partial charge in [-0.25, -0.2) is 0 Å². The first kappa shape index (κ1) is 19.4. The van der Waals surface area contributed by atoms with E-state index in [9.17, 15) is 9.59 Å². The molecule has 25 heavy (non-hydrogen) atoms. The first-order valence-electron chi connectivity index (χ1n) is 9.18. The lowest BCUT2D eigenvalue weighted by Gasteiger charge is -2.31. The Morgan fingerprint density at radius 1 is 1.16 bits per heavy atom.